The predicted molar refractivity (Wildman–Crippen MR) is 148 cm³/mol. The van der Waals surface area contributed by atoms with E-state index in [2.05, 4.69) is 50.5 Å². The molecule has 2 saturated heterocycles. The van der Waals surface area contributed by atoms with E-state index in [4.69, 9.17) is 4.74 Å². The fraction of sp³-hybridized carbons (Fsp3) is 0.310. The molecular weight excluding hydrogens is 497 g/mol. The number of hydrogen-bond donors (Lipinski definition) is 2. The van der Waals surface area contributed by atoms with Crippen LogP contribution in [0.5, 0.6) is 5.75 Å². The van der Waals surface area contributed by atoms with Crippen molar-refractivity contribution in [1.82, 2.24) is 25.1 Å². The van der Waals surface area contributed by atoms with Crippen LogP contribution >= 0.6 is 0 Å². The van der Waals surface area contributed by atoms with Crippen LogP contribution in [0.2, 0.25) is 0 Å². The maximum atomic E-state index is 14.7. The highest BCUT2D eigenvalue weighted by atomic mass is 19.1. The van der Waals surface area contributed by atoms with Gasteiger partial charge in [0.25, 0.3) is 5.91 Å². The number of carbonyl (C=O) groups is 1. The summed E-state index contributed by atoms with van der Waals surface area (Å²) in [7, 11) is 3.39. The van der Waals surface area contributed by atoms with Gasteiger partial charge in [-0.15, -0.1) is 0 Å². The highest BCUT2D eigenvalue weighted by Crippen LogP contribution is 2.40. The molecule has 1 amide bonds. The molecule has 3 atom stereocenters. The van der Waals surface area contributed by atoms with E-state index in [0.717, 1.165) is 34.7 Å². The molecule has 0 radical (unpaired) electrons. The van der Waals surface area contributed by atoms with E-state index in [0.29, 0.717) is 23.5 Å². The average Bonchev–Trinajstić information content (AvgIpc) is 3.57. The normalized spacial score (nSPS) is 19.6. The van der Waals surface area contributed by atoms with Crippen LogP contribution in [0, 0.1) is 19.7 Å². The van der Waals surface area contributed by atoms with E-state index in [1.807, 2.05) is 30.8 Å². The smallest absolute Gasteiger partial charge is 0.274 e. The standard InChI is InChI=1S/C29H30FN7O2/c1-15-25(16(2)36(4)35-15)18-9-10-20(23(13-18)37-14-22-27(32-22)17(37)3)34-29(38)21-11-12-31-28(33-21)26-19(30)7-6-8-24(26)39-5/h6-13,17,22,27,32H,14H2,1-5H3,(H,34,38)/t17-,22+,27?/m0/s1. The van der Waals surface area contributed by atoms with Crippen molar-refractivity contribution in [2.75, 3.05) is 23.9 Å². The molecule has 2 fully saturated rings. The number of aryl methyl sites for hydroxylation is 2. The van der Waals surface area contributed by atoms with Gasteiger partial charge in [-0.2, -0.15) is 5.10 Å². The van der Waals surface area contributed by atoms with Crippen LogP contribution in [0.4, 0.5) is 15.8 Å². The van der Waals surface area contributed by atoms with Crippen molar-refractivity contribution in [2.24, 2.45) is 7.05 Å². The molecule has 0 spiro atoms. The minimum Gasteiger partial charge on any atom is -0.496 e. The first-order chi connectivity index (χ1) is 18.8. The average molecular weight is 528 g/mol. The first-order valence-corrected chi connectivity index (χ1v) is 12.9. The topological polar surface area (TPSA) is 107 Å². The van der Waals surface area contributed by atoms with Gasteiger partial charge in [-0.3, -0.25) is 9.48 Å². The minimum atomic E-state index is -0.527. The lowest BCUT2D eigenvalue weighted by Crippen LogP contribution is -2.36. The highest BCUT2D eigenvalue weighted by molar-refractivity contribution is 6.05. The molecule has 2 aliphatic rings. The Balaban J connectivity index is 1.36. The van der Waals surface area contributed by atoms with E-state index in [-0.39, 0.29) is 23.1 Å². The van der Waals surface area contributed by atoms with E-state index < -0.39 is 11.7 Å². The summed E-state index contributed by atoms with van der Waals surface area (Å²) < 4.78 is 21.8. The Labute approximate surface area is 226 Å². The molecule has 2 N–H and O–H groups in total. The van der Waals surface area contributed by atoms with Gasteiger partial charge in [0.05, 0.1) is 29.7 Å². The third kappa shape index (κ3) is 4.30. The minimum absolute atomic E-state index is 0.0787. The molecule has 2 aromatic heterocycles. The Bertz CT molecular complexity index is 1600. The Morgan fingerprint density at radius 3 is 2.69 bits per heavy atom. The quantitative estimate of drug-likeness (QED) is 0.364. The Morgan fingerprint density at radius 1 is 1.18 bits per heavy atom. The van der Waals surface area contributed by atoms with E-state index in [1.54, 1.807) is 12.1 Å². The number of nitrogens with zero attached hydrogens (tertiary/aromatic N) is 5. The second kappa shape index (κ2) is 9.46. The summed E-state index contributed by atoms with van der Waals surface area (Å²) in [6.45, 7) is 7.11. The lowest BCUT2D eigenvalue weighted by Gasteiger charge is -2.29. The summed E-state index contributed by atoms with van der Waals surface area (Å²) in [6.07, 6.45) is 1.45. The Morgan fingerprint density at radius 2 is 2.00 bits per heavy atom. The fourth-order valence-corrected chi connectivity index (χ4v) is 5.63. The number of nitrogens with one attached hydrogen (secondary N) is 2. The number of carbonyl (C=O) groups excluding carboxylic acids is 1. The summed E-state index contributed by atoms with van der Waals surface area (Å²) in [5.41, 5.74) is 6.02. The molecule has 39 heavy (non-hydrogen) atoms. The maximum Gasteiger partial charge on any atom is 0.274 e. The molecular formula is C29H30FN7O2. The number of hydrogen-bond acceptors (Lipinski definition) is 7. The maximum absolute atomic E-state index is 14.7. The second-order valence-electron chi connectivity index (χ2n) is 10.1. The largest absolute Gasteiger partial charge is 0.496 e. The molecule has 0 aliphatic carbocycles. The predicted octanol–water partition coefficient (Wildman–Crippen LogP) is 4.11. The zero-order valence-electron chi connectivity index (χ0n) is 22.5. The molecule has 2 aromatic carbocycles. The number of ether oxygens (including phenoxy) is 1. The first kappa shape index (κ1) is 25.0. The third-order valence-electron chi connectivity index (χ3n) is 7.80. The van der Waals surface area contributed by atoms with E-state index >= 15 is 0 Å². The monoisotopic (exact) mass is 527 g/mol. The molecule has 2 aliphatic heterocycles. The van der Waals surface area contributed by atoms with Crippen molar-refractivity contribution in [3.05, 3.63) is 71.6 Å². The molecule has 6 rings (SSSR count). The molecule has 0 bridgehead atoms. The van der Waals surface area contributed by atoms with Crippen molar-refractivity contribution >= 4 is 17.3 Å². The number of fused-ring (bicyclic) bond motifs is 1. The second-order valence-corrected chi connectivity index (χ2v) is 10.1. The van der Waals surface area contributed by atoms with Crippen molar-refractivity contribution in [3.8, 4) is 28.3 Å². The zero-order chi connectivity index (χ0) is 27.4. The van der Waals surface area contributed by atoms with Crippen LogP contribution in [0.15, 0.2) is 48.7 Å². The third-order valence-corrected chi connectivity index (χ3v) is 7.80. The zero-order valence-corrected chi connectivity index (χ0v) is 22.5. The molecule has 9 nitrogen and oxygen atoms in total. The summed E-state index contributed by atoms with van der Waals surface area (Å²) in [4.78, 5) is 24.4. The van der Waals surface area contributed by atoms with Crippen molar-refractivity contribution in [1.29, 1.82) is 0 Å². The van der Waals surface area contributed by atoms with E-state index in [1.165, 1.54) is 25.4 Å². The van der Waals surface area contributed by atoms with Gasteiger partial charge in [-0.25, -0.2) is 14.4 Å². The number of methoxy groups -OCH3 is 1. The number of halogens is 1. The lowest BCUT2D eigenvalue weighted by molar-refractivity contribution is 0.102. The SMILES string of the molecule is COc1cccc(F)c1-c1nccc(C(=O)Nc2ccc(-c3c(C)nn(C)c3C)cc2N2C[C@H]3NC3[C@@H]2C)n1. The first-order valence-electron chi connectivity index (χ1n) is 12.9. The van der Waals surface area contributed by atoms with Crippen molar-refractivity contribution in [2.45, 2.75) is 38.9 Å². The van der Waals surface area contributed by atoms with Gasteiger partial charge in [0.1, 0.15) is 17.3 Å². The lowest BCUT2D eigenvalue weighted by atomic mass is 10.0. The molecule has 10 heteroatoms. The summed E-state index contributed by atoms with van der Waals surface area (Å²) in [6, 6.07) is 13.2. The van der Waals surface area contributed by atoms with Crippen LogP contribution in [-0.4, -0.2) is 57.4 Å². The highest BCUT2D eigenvalue weighted by Gasteiger charge is 2.50. The number of anilines is 2. The van der Waals surface area contributed by atoms with Gasteiger partial charge in [0, 0.05) is 49.2 Å². The summed E-state index contributed by atoms with van der Waals surface area (Å²) >= 11 is 0. The summed E-state index contributed by atoms with van der Waals surface area (Å²) in [5.74, 6) is -0.565. The van der Waals surface area contributed by atoms with Crippen LogP contribution in [0.3, 0.4) is 0 Å². The molecule has 4 aromatic rings. The molecule has 0 saturated carbocycles. The van der Waals surface area contributed by atoms with Gasteiger partial charge < -0.3 is 20.3 Å². The van der Waals surface area contributed by atoms with Gasteiger partial charge in [0.2, 0.25) is 0 Å². The number of piperazine rings is 1. The number of rotatable bonds is 6. The van der Waals surface area contributed by atoms with Crippen LogP contribution in [0.25, 0.3) is 22.5 Å². The van der Waals surface area contributed by atoms with Gasteiger partial charge >= 0.3 is 0 Å². The fourth-order valence-electron chi connectivity index (χ4n) is 5.63. The Kier molecular flexibility index (Phi) is 6.06. The number of aromatic nitrogens is 4. The molecule has 4 heterocycles. The summed E-state index contributed by atoms with van der Waals surface area (Å²) in [5, 5.41) is 11.1. The van der Waals surface area contributed by atoms with Gasteiger partial charge in [0.15, 0.2) is 5.82 Å². The van der Waals surface area contributed by atoms with Crippen molar-refractivity contribution in [3.63, 3.8) is 0 Å². The van der Waals surface area contributed by atoms with Crippen molar-refractivity contribution < 1.29 is 13.9 Å². The Hall–Kier alpha value is -4.31. The van der Waals surface area contributed by atoms with Crippen LogP contribution in [-0.2, 0) is 7.05 Å². The number of amides is 1. The van der Waals surface area contributed by atoms with Crippen LogP contribution in [0.1, 0.15) is 28.8 Å². The number of benzene rings is 2. The molecule has 200 valence electrons. The van der Waals surface area contributed by atoms with Crippen LogP contribution < -0.4 is 20.3 Å². The van der Waals surface area contributed by atoms with Gasteiger partial charge in [-0.1, -0.05) is 12.1 Å². The van der Waals surface area contributed by atoms with E-state index in [9.17, 15) is 9.18 Å². The van der Waals surface area contributed by atoms with Gasteiger partial charge in [-0.05, 0) is 56.7 Å². The molecule has 1 unspecified atom stereocenters.